The van der Waals surface area contributed by atoms with E-state index in [4.69, 9.17) is 4.74 Å². The number of nitrogens with one attached hydrogen (secondary N) is 2. The van der Waals surface area contributed by atoms with Crippen LogP contribution in [0.4, 0.5) is 0 Å². The van der Waals surface area contributed by atoms with Crippen LogP contribution in [-0.2, 0) is 13.1 Å². The summed E-state index contributed by atoms with van der Waals surface area (Å²) in [5.74, 6) is 0.880. The number of benzene rings is 2. The second-order valence-electron chi connectivity index (χ2n) is 6.02. The van der Waals surface area contributed by atoms with Gasteiger partial charge in [0, 0.05) is 24.2 Å². The van der Waals surface area contributed by atoms with Crippen LogP contribution in [0.3, 0.4) is 0 Å². The average molecular weight is 321 g/mol. The molecular weight excluding hydrogens is 298 g/mol. The van der Waals surface area contributed by atoms with Gasteiger partial charge in [-0.05, 0) is 48.7 Å². The van der Waals surface area contributed by atoms with Gasteiger partial charge in [-0.25, -0.2) is 0 Å². The molecule has 1 aromatic heterocycles. The van der Waals surface area contributed by atoms with Crippen LogP contribution in [0.1, 0.15) is 22.3 Å². The number of ether oxygens (including phenoxy) is 1. The number of aromatic amines is 1. The van der Waals surface area contributed by atoms with E-state index in [1.165, 1.54) is 27.8 Å². The monoisotopic (exact) mass is 321 g/mol. The number of hydrogen-bond acceptors (Lipinski definition) is 3. The van der Waals surface area contributed by atoms with Crippen LogP contribution >= 0.6 is 0 Å². The zero-order chi connectivity index (χ0) is 16.9. The molecule has 0 radical (unpaired) electrons. The van der Waals surface area contributed by atoms with E-state index in [-0.39, 0.29) is 0 Å². The maximum Gasteiger partial charge on any atom is 0.118 e. The van der Waals surface area contributed by atoms with Crippen molar-refractivity contribution in [2.45, 2.75) is 26.9 Å². The van der Waals surface area contributed by atoms with E-state index in [0.717, 1.165) is 24.5 Å². The highest BCUT2D eigenvalue weighted by atomic mass is 16.5. The van der Waals surface area contributed by atoms with E-state index in [1.807, 2.05) is 18.3 Å². The van der Waals surface area contributed by atoms with Gasteiger partial charge in [0.25, 0.3) is 0 Å². The van der Waals surface area contributed by atoms with Crippen molar-refractivity contribution in [2.75, 3.05) is 7.11 Å². The predicted molar refractivity (Wildman–Crippen MR) is 97.0 cm³/mol. The third kappa shape index (κ3) is 3.66. The van der Waals surface area contributed by atoms with E-state index in [1.54, 1.807) is 7.11 Å². The maximum atomic E-state index is 5.18. The van der Waals surface area contributed by atoms with E-state index >= 15 is 0 Å². The first kappa shape index (κ1) is 16.3. The SMILES string of the molecule is COc1ccc(CNCc2cn[nH]c2-c2ccc(C)c(C)c2)cc1. The van der Waals surface area contributed by atoms with Gasteiger partial charge in [-0.2, -0.15) is 5.10 Å². The number of methoxy groups -OCH3 is 1. The Morgan fingerprint density at radius 2 is 1.79 bits per heavy atom. The smallest absolute Gasteiger partial charge is 0.118 e. The Morgan fingerprint density at radius 3 is 2.50 bits per heavy atom. The van der Waals surface area contributed by atoms with Crippen LogP contribution in [0.15, 0.2) is 48.7 Å². The van der Waals surface area contributed by atoms with Gasteiger partial charge in [0.2, 0.25) is 0 Å². The van der Waals surface area contributed by atoms with E-state index in [0.29, 0.717) is 0 Å². The van der Waals surface area contributed by atoms with Crippen LogP contribution in [0.25, 0.3) is 11.3 Å². The standard InChI is InChI=1S/C20H23N3O/c1-14-4-7-17(10-15(14)2)20-18(13-22-23-20)12-21-11-16-5-8-19(24-3)9-6-16/h4-10,13,21H,11-12H2,1-3H3,(H,22,23). The predicted octanol–water partition coefficient (Wildman–Crippen LogP) is 3.99. The quantitative estimate of drug-likeness (QED) is 0.722. The Balaban J connectivity index is 1.66. The summed E-state index contributed by atoms with van der Waals surface area (Å²) in [6, 6.07) is 14.6. The van der Waals surface area contributed by atoms with Gasteiger partial charge in [0.1, 0.15) is 5.75 Å². The minimum absolute atomic E-state index is 0.769. The van der Waals surface area contributed by atoms with E-state index in [9.17, 15) is 0 Å². The molecule has 4 heteroatoms. The van der Waals surface area contributed by atoms with Crippen LogP contribution < -0.4 is 10.1 Å². The van der Waals surface area contributed by atoms with Gasteiger partial charge in [0.15, 0.2) is 0 Å². The summed E-state index contributed by atoms with van der Waals surface area (Å²) in [5.41, 5.74) is 7.26. The lowest BCUT2D eigenvalue weighted by molar-refractivity contribution is 0.414. The highest BCUT2D eigenvalue weighted by molar-refractivity contribution is 5.64. The number of aryl methyl sites for hydroxylation is 2. The molecule has 3 aromatic rings. The molecule has 0 saturated carbocycles. The summed E-state index contributed by atoms with van der Waals surface area (Å²) < 4.78 is 5.18. The number of hydrogen-bond donors (Lipinski definition) is 2. The minimum atomic E-state index is 0.769. The molecule has 0 aliphatic carbocycles. The second-order valence-corrected chi connectivity index (χ2v) is 6.02. The molecular formula is C20H23N3O. The zero-order valence-electron chi connectivity index (χ0n) is 14.4. The van der Waals surface area contributed by atoms with Gasteiger partial charge in [-0.15, -0.1) is 0 Å². The van der Waals surface area contributed by atoms with Crippen molar-refractivity contribution in [3.05, 3.63) is 70.9 Å². The van der Waals surface area contributed by atoms with Crippen LogP contribution in [0, 0.1) is 13.8 Å². The number of rotatable bonds is 6. The van der Waals surface area contributed by atoms with Gasteiger partial charge in [-0.3, -0.25) is 5.10 Å². The highest BCUT2D eigenvalue weighted by Gasteiger charge is 2.08. The molecule has 0 fully saturated rings. The molecule has 2 N–H and O–H groups in total. The Labute approximate surface area is 142 Å². The Kier molecular flexibility index (Phi) is 4.96. The van der Waals surface area contributed by atoms with Gasteiger partial charge < -0.3 is 10.1 Å². The fraction of sp³-hybridized carbons (Fsp3) is 0.250. The molecule has 2 aromatic carbocycles. The molecule has 1 heterocycles. The molecule has 0 aliphatic heterocycles. The molecule has 124 valence electrons. The van der Waals surface area contributed by atoms with Gasteiger partial charge >= 0.3 is 0 Å². The van der Waals surface area contributed by atoms with E-state index in [2.05, 4.69) is 59.7 Å². The van der Waals surface area contributed by atoms with Crippen molar-refractivity contribution in [2.24, 2.45) is 0 Å². The summed E-state index contributed by atoms with van der Waals surface area (Å²) in [6.07, 6.45) is 1.89. The van der Waals surface area contributed by atoms with Crippen LogP contribution in [-0.4, -0.2) is 17.3 Å². The van der Waals surface area contributed by atoms with Crippen LogP contribution in [0.5, 0.6) is 5.75 Å². The molecule has 0 amide bonds. The maximum absolute atomic E-state index is 5.18. The fourth-order valence-corrected chi connectivity index (χ4v) is 2.68. The number of nitrogens with zero attached hydrogens (tertiary/aromatic N) is 1. The first-order valence-corrected chi connectivity index (χ1v) is 8.11. The minimum Gasteiger partial charge on any atom is -0.497 e. The molecule has 0 atom stereocenters. The lowest BCUT2D eigenvalue weighted by atomic mass is 10.0. The average Bonchev–Trinajstić information content (AvgIpc) is 3.06. The Hall–Kier alpha value is -2.59. The van der Waals surface area contributed by atoms with Crippen molar-refractivity contribution in [1.82, 2.24) is 15.5 Å². The Morgan fingerprint density at radius 1 is 1.00 bits per heavy atom. The molecule has 0 bridgehead atoms. The van der Waals surface area contributed by atoms with Crippen molar-refractivity contribution in [3.63, 3.8) is 0 Å². The summed E-state index contributed by atoms with van der Waals surface area (Å²) in [6.45, 7) is 5.84. The fourth-order valence-electron chi connectivity index (χ4n) is 2.68. The largest absolute Gasteiger partial charge is 0.497 e. The summed E-state index contributed by atoms with van der Waals surface area (Å²) >= 11 is 0. The zero-order valence-corrected chi connectivity index (χ0v) is 14.4. The van der Waals surface area contributed by atoms with E-state index < -0.39 is 0 Å². The first-order chi connectivity index (χ1) is 11.7. The lowest BCUT2D eigenvalue weighted by Gasteiger charge is -2.08. The summed E-state index contributed by atoms with van der Waals surface area (Å²) in [7, 11) is 1.68. The molecule has 3 rings (SSSR count). The molecule has 0 saturated heterocycles. The molecule has 24 heavy (non-hydrogen) atoms. The third-order valence-electron chi connectivity index (χ3n) is 4.32. The molecule has 0 aliphatic rings. The highest BCUT2D eigenvalue weighted by Crippen LogP contribution is 2.23. The van der Waals surface area contributed by atoms with Crippen molar-refractivity contribution in [3.8, 4) is 17.0 Å². The topological polar surface area (TPSA) is 49.9 Å². The van der Waals surface area contributed by atoms with Crippen molar-refractivity contribution < 1.29 is 4.74 Å². The Bertz CT molecular complexity index is 806. The summed E-state index contributed by atoms with van der Waals surface area (Å²) in [4.78, 5) is 0. The molecule has 0 spiro atoms. The van der Waals surface area contributed by atoms with Crippen LogP contribution in [0.2, 0.25) is 0 Å². The lowest BCUT2D eigenvalue weighted by Crippen LogP contribution is -2.12. The summed E-state index contributed by atoms with van der Waals surface area (Å²) in [5, 5.41) is 10.8. The van der Waals surface area contributed by atoms with Gasteiger partial charge in [0.05, 0.1) is 19.0 Å². The molecule has 0 unspecified atom stereocenters. The second kappa shape index (κ2) is 7.32. The first-order valence-electron chi connectivity index (χ1n) is 8.11. The third-order valence-corrected chi connectivity index (χ3v) is 4.32. The van der Waals surface area contributed by atoms with Gasteiger partial charge in [-0.1, -0.05) is 24.3 Å². The van der Waals surface area contributed by atoms with Crippen molar-refractivity contribution >= 4 is 0 Å². The molecule has 4 nitrogen and oxygen atoms in total. The van der Waals surface area contributed by atoms with Crippen molar-refractivity contribution in [1.29, 1.82) is 0 Å². The normalized spacial score (nSPS) is 10.8. The number of aromatic nitrogens is 2. The number of H-pyrrole nitrogens is 1.